The van der Waals surface area contributed by atoms with Crippen molar-refractivity contribution in [3.8, 4) is 0 Å². The number of halogens is 3. The lowest BCUT2D eigenvalue weighted by Gasteiger charge is -2.21. The molecule has 0 aliphatic carbocycles. The van der Waals surface area contributed by atoms with Gasteiger partial charge in [-0.2, -0.15) is 13.2 Å². The van der Waals surface area contributed by atoms with Gasteiger partial charge in [-0.25, -0.2) is 4.98 Å². The number of aromatic nitrogens is 1. The van der Waals surface area contributed by atoms with E-state index >= 15 is 0 Å². The van der Waals surface area contributed by atoms with E-state index in [2.05, 4.69) is 10.3 Å². The van der Waals surface area contributed by atoms with Crippen molar-refractivity contribution < 1.29 is 18.0 Å². The smallest absolute Gasteiger partial charge is 0.368 e. The van der Waals surface area contributed by atoms with Crippen LogP contribution in [-0.2, 0) is 6.18 Å². The minimum absolute atomic E-state index is 0.0482. The quantitative estimate of drug-likeness (QED) is 0.863. The van der Waals surface area contributed by atoms with Crippen LogP contribution in [0.2, 0.25) is 0 Å². The molecule has 1 unspecified atom stereocenters. The number of carbonyl (C=O) groups is 1. The van der Waals surface area contributed by atoms with Crippen LogP contribution in [0.4, 0.5) is 19.0 Å². The lowest BCUT2D eigenvalue weighted by molar-refractivity contribution is -0.141. The molecule has 112 valence electrons. The highest BCUT2D eigenvalue weighted by Crippen LogP contribution is 2.29. The maximum Gasteiger partial charge on any atom is 0.433 e. The number of carbonyl (C=O) groups excluding carboxylic acids is 1. The Hall–Kier alpha value is -1.83. The maximum atomic E-state index is 12.6. The van der Waals surface area contributed by atoms with E-state index in [1.807, 2.05) is 25.9 Å². The van der Waals surface area contributed by atoms with Crippen LogP contribution in [0.3, 0.4) is 0 Å². The third kappa shape index (κ3) is 4.09. The number of nitrogens with one attached hydrogen (secondary N) is 1. The van der Waals surface area contributed by atoms with Crippen LogP contribution in [0, 0.1) is 0 Å². The topological polar surface area (TPSA) is 71.2 Å². The third-order valence-electron chi connectivity index (χ3n) is 2.90. The molecule has 0 spiro atoms. The molecule has 1 amide bonds. The van der Waals surface area contributed by atoms with Crippen LogP contribution in [0.5, 0.6) is 0 Å². The third-order valence-corrected chi connectivity index (χ3v) is 2.90. The number of alkyl halides is 3. The normalized spacial score (nSPS) is 13.3. The van der Waals surface area contributed by atoms with Crippen LogP contribution in [-0.4, -0.2) is 42.5 Å². The molecule has 0 fully saturated rings. The number of pyridine rings is 1. The number of primary amides is 1. The number of nitrogens with two attached hydrogens (primary N) is 1. The monoisotopic (exact) mass is 290 g/mol. The number of nitrogens with zero attached hydrogens (tertiary/aromatic N) is 2. The van der Waals surface area contributed by atoms with E-state index in [4.69, 9.17) is 5.73 Å². The van der Waals surface area contributed by atoms with Crippen LogP contribution in [0.25, 0.3) is 0 Å². The molecular formula is C12H17F3N4O. The summed E-state index contributed by atoms with van der Waals surface area (Å²) in [6, 6.07) is 1.81. The molecular weight excluding hydrogens is 273 g/mol. The van der Waals surface area contributed by atoms with Gasteiger partial charge in [0.2, 0.25) is 0 Å². The molecule has 0 saturated heterocycles. The van der Waals surface area contributed by atoms with E-state index in [1.54, 1.807) is 0 Å². The molecule has 3 N–H and O–H groups in total. The predicted molar refractivity (Wildman–Crippen MR) is 69.4 cm³/mol. The van der Waals surface area contributed by atoms with Crippen molar-refractivity contribution in [3.63, 3.8) is 0 Å². The second-order valence-electron chi connectivity index (χ2n) is 4.65. The molecule has 1 aromatic heterocycles. The Balaban J connectivity index is 3.04. The van der Waals surface area contributed by atoms with Gasteiger partial charge >= 0.3 is 6.18 Å². The molecule has 0 aliphatic rings. The van der Waals surface area contributed by atoms with Gasteiger partial charge in [0.1, 0.15) is 11.5 Å². The van der Waals surface area contributed by atoms with Gasteiger partial charge in [0.25, 0.3) is 5.91 Å². The van der Waals surface area contributed by atoms with Gasteiger partial charge in [-0.1, -0.05) is 0 Å². The van der Waals surface area contributed by atoms with E-state index in [0.717, 1.165) is 12.1 Å². The molecule has 1 heterocycles. The zero-order valence-electron chi connectivity index (χ0n) is 11.5. The Labute approximate surface area is 115 Å². The van der Waals surface area contributed by atoms with Crippen molar-refractivity contribution in [1.82, 2.24) is 9.88 Å². The van der Waals surface area contributed by atoms with Gasteiger partial charge in [0.15, 0.2) is 0 Å². The highest BCUT2D eigenvalue weighted by Gasteiger charge is 2.33. The number of likely N-dealkylation sites (N-methyl/N-ethyl adjacent to an activating group) is 1. The van der Waals surface area contributed by atoms with E-state index in [1.165, 1.54) is 0 Å². The van der Waals surface area contributed by atoms with E-state index < -0.39 is 17.8 Å². The van der Waals surface area contributed by atoms with Crippen molar-refractivity contribution in [2.45, 2.75) is 19.1 Å². The van der Waals surface area contributed by atoms with E-state index in [0.29, 0.717) is 6.54 Å². The Morgan fingerprint density at radius 2 is 2.05 bits per heavy atom. The highest BCUT2D eigenvalue weighted by atomic mass is 19.4. The Morgan fingerprint density at radius 1 is 1.45 bits per heavy atom. The highest BCUT2D eigenvalue weighted by molar-refractivity contribution is 5.97. The van der Waals surface area contributed by atoms with Gasteiger partial charge in [-0.05, 0) is 33.2 Å². The van der Waals surface area contributed by atoms with Crippen molar-refractivity contribution in [1.29, 1.82) is 0 Å². The summed E-state index contributed by atoms with van der Waals surface area (Å²) < 4.78 is 37.8. The molecule has 20 heavy (non-hydrogen) atoms. The standard InChI is InChI=1S/C12H17F3N4O/c1-7(19(2)3)6-17-11-8(10(16)20)4-5-9(18-11)12(13,14)15/h4-5,7H,6H2,1-3H3,(H2,16,20)(H,17,18). The van der Waals surface area contributed by atoms with Crippen molar-refractivity contribution >= 4 is 11.7 Å². The molecule has 1 atom stereocenters. The van der Waals surface area contributed by atoms with Gasteiger partial charge in [0, 0.05) is 12.6 Å². The summed E-state index contributed by atoms with van der Waals surface area (Å²) in [6.45, 7) is 2.21. The lowest BCUT2D eigenvalue weighted by atomic mass is 10.2. The SMILES string of the molecule is CC(CNc1nc(C(F)(F)F)ccc1C(N)=O)N(C)C. The number of hydrogen-bond acceptors (Lipinski definition) is 4. The zero-order chi connectivity index (χ0) is 15.5. The van der Waals surface area contributed by atoms with Gasteiger partial charge in [-0.3, -0.25) is 4.79 Å². The van der Waals surface area contributed by atoms with Crippen LogP contribution in [0.15, 0.2) is 12.1 Å². The molecule has 1 aromatic rings. The van der Waals surface area contributed by atoms with Crippen LogP contribution < -0.4 is 11.1 Å². The van der Waals surface area contributed by atoms with Crippen LogP contribution in [0.1, 0.15) is 23.0 Å². The number of anilines is 1. The summed E-state index contributed by atoms with van der Waals surface area (Å²) in [5.74, 6) is -0.979. The molecule has 0 aliphatic heterocycles. The summed E-state index contributed by atoms with van der Waals surface area (Å²) >= 11 is 0. The summed E-state index contributed by atoms with van der Waals surface area (Å²) in [5, 5.41) is 2.73. The number of rotatable bonds is 5. The zero-order valence-corrected chi connectivity index (χ0v) is 11.5. The Kier molecular flexibility index (Phi) is 4.93. The van der Waals surface area contributed by atoms with Crippen molar-refractivity contribution in [2.75, 3.05) is 26.0 Å². The first kappa shape index (κ1) is 16.2. The second-order valence-corrected chi connectivity index (χ2v) is 4.65. The first-order valence-electron chi connectivity index (χ1n) is 5.91. The van der Waals surface area contributed by atoms with Crippen molar-refractivity contribution in [2.24, 2.45) is 5.73 Å². The van der Waals surface area contributed by atoms with Crippen LogP contribution >= 0.6 is 0 Å². The molecule has 0 saturated carbocycles. The molecule has 1 rings (SSSR count). The summed E-state index contributed by atoms with van der Waals surface area (Å²) in [4.78, 5) is 16.5. The Bertz CT molecular complexity index is 488. The van der Waals surface area contributed by atoms with Gasteiger partial charge < -0.3 is 16.0 Å². The van der Waals surface area contributed by atoms with Gasteiger partial charge in [-0.15, -0.1) is 0 Å². The lowest BCUT2D eigenvalue weighted by Crippen LogP contribution is -2.32. The average molecular weight is 290 g/mol. The molecule has 5 nitrogen and oxygen atoms in total. The fraction of sp³-hybridized carbons (Fsp3) is 0.500. The number of amides is 1. The minimum Gasteiger partial charge on any atom is -0.368 e. The minimum atomic E-state index is -4.57. The largest absolute Gasteiger partial charge is 0.433 e. The number of hydrogen-bond donors (Lipinski definition) is 2. The fourth-order valence-corrected chi connectivity index (χ4v) is 1.38. The molecule has 8 heteroatoms. The van der Waals surface area contributed by atoms with E-state index in [9.17, 15) is 18.0 Å². The van der Waals surface area contributed by atoms with Crippen molar-refractivity contribution in [3.05, 3.63) is 23.4 Å². The first-order valence-corrected chi connectivity index (χ1v) is 5.91. The predicted octanol–water partition coefficient (Wildman–Crippen LogP) is 1.56. The Morgan fingerprint density at radius 3 is 2.50 bits per heavy atom. The first-order chi connectivity index (χ1) is 9.12. The van der Waals surface area contributed by atoms with Gasteiger partial charge in [0.05, 0.1) is 5.56 Å². The summed E-state index contributed by atoms with van der Waals surface area (Å²) in [5.41, 5.74) is 4.00. The van der Waals surface area contributed by atoms with E-state index in [-0.39, 0.29) is 17.4 Å². The summed E-state index contributed by atoms with van der Waals surface area (Å²) in [7, 11) is 3.67. The second kappa shape index (κ2) is 6.08. The average Bonchev–Trinajstić information content (AvgIpc) is 2.34. The fourth-order valence-electron chi connectivity index (χ4n) is 1.38. The molecule has 0 bridgehead atoms. The molecule has 0 radical (unpaired) electrons. The summed E-state index contributed by atoms with van der Waals surface area (Å²) in [6.07, 6.45) is -4.57. The maximum absolute atomic E-state index is 12.6. The molecule has 0 aromatic carbocycles.